The highest BCUT2D eigenvalue weighted by Gasteiger charge is 2.18. The number of likely N-dealkylation sites (tertiary alicyclic amines) is 1. The summed E-state index contributed by atoms with van der Waals surface area (Å²) in [7, 11) is 4.77. The minimum atomic E-state index is 0.0616. The Morgan fingerprint density at radius 1 is 1.15 bits per heavy atom. The first-order valence-electron chi connectivity index (χ1n) is 9.39. The van der Waals surface area contributed by atoms with E-state index in [1.165, 1.54) is 19.3 Å². The minimum absolute atomic E-state index is 0.0616. The molecule has 6 heteroatoms. The van der Waals surface area contributed by atoms with Gasteiger partial charge in [0, 0.05) is 25.6 Å². The summed E-state index contributed by atoms with van der Waals surface area (Å²) in [6.07, 6.45) is 4.85. The van der Waals surface area contributed by atoms with Gasteiger partial charge >= 0.3 is 0 Å². The van der Waals surface area contributed by atoms with Crippen molar-refractivity contribution in [1.29, 1.82) is 0 Å². The molecule has 1 aromatic carbocycles. The minimum Gasteiger partial charge on any atom is -0.493 e. The van der Waals surface area contributed by atoms with Gasteiger partial charge in [-0.05, 0) is 44.4 Å². The van der Waals surface area contributed by atoms with Crippen LogP contribution in [0.1, 0.15) is 38.2 Å². The lowest BCUT2D eigenvalue weighted by Gasteiger charge is -2.33. The number of rotatable bonds is 9. The Kier molecular flexibility index (Phi) is 8.04. The molecule has 6 nitrogen and oxygen atoms in total. The third-order valence-electron chi connectivity index (χ3n) is 5.07. The van der Waals surface area contributed by atoms with E-state index < -0.39 is 0 Å². The zero-order chi connectivity index (χ0) is 18.9. The van der Waals surface area contributed by atoms with Crippen LogP contribution in [0.15, 0.2) is 12.1 Å². The Labute approximate surface area is 156 Å². The molecule has 1 amide bonds. The number of methoxy groups -OCH3 is 3. The second-order valence-electron chi connectivity index (χ2n) is 6.72. The van der Waals surface area contributed by atoms with Gasteiger partial charge in [0.25, 0.3) is 0 Å². The summed E-state index contributed by atoms with van der Waals surface area (Å²) < 4.78 is 16.2. The van der Waals surface area contributed by atoms with Crippen LogP contribution < -0.4 is 19.5 Å². The molecule has 1 atom stereocenters. The summed E-state index contributed by atoms with van der Waals surface area (Å²) in [5.41, 5.74) is 0.935. The maximum atomic E-state index is 12.2. The van der Waals surface area contributed by atoms with E-state index >= 15 is 0 Å². The van der Waals surface area contributed by atoms with Crippen molar-refractivity contribution in [3.63, 3.8) is 0 Å². The lowest BCUT2D eigenvalue weighted by Crippen LogP contribution is -2.42. The standard InChI is InChI=1S/C20H32N2O4/c1-15-7-5-6-13-22(15)14-12-21-18(23)11-9-16-8-10-17(24-2)20(26-4)19(16)25-3/h8,10,15H,5-7,9,11-14H2,1-4H3,(H,21,23). The van der Waals surface area contributed by atoms with Crippen molar-refractivity contribution in [2.75, 3.05) is 41.0 Å². The number of hydrogen-bond donors (Lipinski definition) is 1. The van der Waals surface area contributed by atoms with E-state index in [4.69, 9.17) is 14.2 Å². The van der Waals surface area contributed by atoms with Crippen molar-refractivity contribution in [3.8, 4) is 17.2 Å². The zero-order valence-corrected chi connectivity index (χ0v) is 16.5. The van der Waals surface area contributed by atoms with E-state index in [9.17, 15) is 4.79 Å². The van der Waals surface area contributed by atoms with E-state index in [1.807, 2.05) is 12.1 Å². The molecule has 1 heterocycles. The van der Waals surface area contributed by atoms with Crippen molar-refractivity contribution >= 4 is 5.91 Å². The van der Waals surface area contributed by atoms with Crippen LogP contribution in [-0.4, -0.2) is 57.8 Å². The van der Waals surface area contributed by atoms with Crippen molar-refractivity contribution in [1.82, 2.24) is 10.2 Å². The van der Waals surface area contributed by atoms with Crippen molar-refractivity contribution in [2.24, 2.45) is 0 Å². The van der Waals surface area contributed by atoms with E-state index in [1.54, 1.807) is 21.3 Å². The molecular formula is C20H32N2O4. The Balaban J connectivity index is 1.83. The lowest BCUT2D eigenvalue weighted by molar-refractivity contribution is -0.121. The fraction of sp³-hybridized carbons (Fsp3) is 0.650. The maximum absolute atomic E-state index is 12.2. The van der Waals surface area contributed by atoms with Gasteiger partial charge in [-0.1, -0.05) is 12.5 Å². The topological polar surface area (TPSA) is 60.0 Å². The molecule has 1 fully saturated rings. The Morgan fingerprint density at radius 3 is 2.58 bits per heavy atom. The number of ether oxygens (including phenoxy) is 3. The summed E-state index contributed by atoms with van der Waals surface area (Å²) in [5.74, 6) is 1.87. The number of nitrogens with one attached hydrogen (secondary N) is 1. The van der Waals surface area contributed by atoms with Gasteiger partial charge in [-0.25, -0.2) is 0 Å². The zero-order valence-electron chi connectivity index (χ0n) is 16.5. The highest BCUT2D eigenvalue weighted by Crippen LogP contribution is 2.40. The predicted octanol–water partition coefficient (Wildman–Crippen LogP) is 2.64. The molecule has 1 unspecified atom stereocenters. The van der Waals surface area contributed by atoms with Gasteiger partial charge in [-0.3, -0.25) is 9.69 Å². The van der Waals surface area contributed by atoms with Crippen LogP contribution >= 0.6 is 0 Å². The van der Waals surface area contributed by atoms with Gasteiger partial charge in [0.2, 0.25) is 11.7 Å². The van der Waals surface area contributed by atoms with Crippen LogP contribution in [0.25, 0.3) is 0 Å². The average Bonchev–Trinajstić information content (AvgIpc) is 2.66. The Hall–Kier alpha value is -1.95. The molecule has 0 aliphatic carbocycles. The van der Waals surface area contributed by atoms with Crippen LogP contribution in [0.3, 0.4) is 0 Å². The van der Waals surface area contributed by atoms with E-state index in [0.717, 1.165) is 18.7 Å². The van der Waals surface area contributed by atoms with Gasteiger partial charge in [0.15, 0.2) is 11.5 Å². The monoisotopic (exact) mass is 364 g/mol. The summed E-state index contributed by atoms with van der Waals surface area (Å²) in [6.45, 7) is 5.03. The first kappa shape index (κ1) is 20.4. The average molecular weight is 364 g/mol. The molecule has 0 radical (unpaired) electrons. The van der Waals surface area contributed by atoms with Crippen LogP contribution in [-0.2, 0) is 11.2 Å². The predicted molar refractivity (Wildman–Crippen MR) is 102 cm³/mol. The molecule has 1 aromatic rings. The van der Waals surface area contributed by atoms with Gasteiger partial charge in [-0.15, -0.1) is 0 Å². The van der Waals surface area contributed by atoms with Gasteiger partial charge in [-0.2, -0.15) is 0 Å². The van der Waals surface area contributed by atoms with Crippen LogP contribution in [0.2, 0.25) is 0 Å². The molecule has 0 bridgehead atoms. The van der Waals surface area contributed by atoms with Gasteiger partial charge in [0.05, 0.1) is 21.3 Å². The largest absolute Gasteiger partial charge is 0.493 e. The maximum Gasteiger partial charge on any atom is 0.220 e. The number of benzene rings is 1. The lowest BCUT2D eigenvalue weighted by atomic mass is 10.0. The number of amides is 1. The van der Waals surface area contributed by atoms with Crippen LogP contribution in [0.5, 0.6) is 17.2 Å². The summed E-state index contributed by atoms with van der Waals surface area (Å²) in [4.78, 5) is 14.6. The van der Waals surface area contributed by atoms with Gasteiger partial charge < -0.3 is 19.5 Å². The number of hydrogen-bond acceptors (Lipinski definition) is 5. The first-order valence-corrected chi connectivity index (χ1v) is 9.39. The molecule has 2 rings (SSSR count). The number of aryl methyl sites for hydroxylation is 1. The number of piperidine rings is 1. The molecule has 0 aromatic heterocycles. The summed E-state index contributed by atoms with van der Waals surface area (Å²) in [5, 5.41) is 3.03. The SMILES string of the molecule is COc1ccc(CCC(=O)NCCN2CCCCC2C)c(OC)c1OC. The fourth-order valence-electron chi connectivity index (χ4n) is 3.53. The van der Waals surface area contributed by atoms with E-state index in [0.29, 0.717) is 42.7 Å². The first-order chi connectivity index (χ1) is 12.6. The molecule has 26 heavy (non-hydrogen) atoms. The molecule has 1 aliphatic rings. The Morgan fingerprint density at radius 2 is 1.92 bits per heavy atom. The highest BCUT2D eigenvalue weighted by atomic mass is 16.5. The quantitative estimate of drug-likeness (QED) is 0.730. The molecule has 146 valence electrons. The molecule has 1 aliphatic heterocycles. The molecular weight excluding hydrogens is 332 g/mol. The third kappa shape index (κ3) is 5.27. The number of carbonyl (C=O) groups excluding carboxylic acids is 1. The summed E-state index contributed by atoms with van der Waals surface area (Å²) in [6, 6.07) is 4.38. The smallest absolute Gasteiger partial charge is 0.220 e. The van der Waals surface area contributed by atoms with Crippen molar-refractivity contribution in [3.05, 3.63) is 17.7 Å². The molecule has 1 N–H and O–H groups in total. The normalized spacial score (nSPS) is 17.6. The van der Waals surface area contributed by atoms with Crippen molar-refractivity contribution < 1.29 is 19.0 Å². The van der Waals surface area contributed by atoms with Crippen LogP contribution in [0.4, 0.5) is 0 Å². The molecule has 0 saturated carbocycles. The van der Waals surface area contributed by atoms with E-state index in [-0.39, 0.29) is 5.91 Å². The van der Waals surface area contributed by atoms with Crippen LogP contribution in [0, 0.1) is 0 Å². The van der Waals surface area contributed by atoms with Gasteiger partial charge in [0.1, 0.15) is 0 Å². The number of nitrogens with zero attached hydrogens (tertiary/aromatic N) is 1. The Bertz CT molecular complexity index is 591. The molecule has 1 saturated heterocycles. The highest BCUT2D eigenvalue weighted by molar-refractivity contribution is 5.76. The van der Waals surface area contributed by atoms with E-state index in [2.05, 4.69) is 17.1 Å². The summed E-state index contributed by atoms with van der Waals surface area (Å²) >= 11 is 0. The van der Waals surface area contributed by atoms with Crippen molar-refractivity contribution in [2.45, 2.75) is 45.1 Å². The second-order valence-corrected chi connectivity index (χ2v) is 6.72. The fourth-order valence-corrected chi connectivity index (χ4v) is 3.53. The second kappa shape index (κ2) is 10.3. The molecule has 0 spiro atoms. The number of carbonyl (C=O) groups is 1. The third-order valence-corrected chi connectivity index (χ3v) is 5.07.